The monoisotopic (exact) mass is 423 g/mol. The topological polar surface area (TPSA) is 56.5 Å². The van der Waals surface area contributed by atoms with Gasteiger partial charge in [-0.2, -0.15) is 0 Å². The van der Waals surface area contributed by atoms with Crippen molar-refractivity contribution in [1.82, 2.24) is 9.36 Å². The van der Waals surface area contributed by atoms with E-state index < -0.39 is 0 Å². The Morgan fingerprint density at radius 1 is 1.03 bits per heavy atom. The molecular weight excluding hydrogens is 398 g/mol. The zero-order chi connectivity index (χ0) is 21.4. The van der Waals surface area contributed by atoms with Crippen molar-refractivity contribution in [1.29, 1.82) is 0 Å². The van der Waals surface area contributed by atoms with E-state index in [9.17, 15) is 9.59 Å². The molecule has 30 heavy (non-hydrogen) atoms. The number of para-hydroxylation sites is 1. The molecule has 6 nitrogen and oxygen atoms in total. The quantitative estimate of drug-likeness (QED) is 0.621. The van der Waals surface area contributed by atoms with Crippen molar-refractivity contribution in [3.8, 4) is 11.4 Å². The second kappa shape index (κ2) is 8.07. The second-order valence-corrected chi connectivity index (χ2v) is 8.68. The minimum absolute atomic E-state index is 0.0510. The number of rotatable bonds is 5. The molecule has 2 heterocycles. The normalized spacial score (nSPS) is 18.8. The third-order valence-corrected chi connectivity index (χ3v) is 6.74. The summed E-state index contributed by atoms with van der Waals surface area (Å²) in [5.74, 6) is 0.738. The van der Waals surface area contributed by atoms with Crippen molar-refractivity contribution < 1.29 is 9.53 Å². The van der Waals surface area contributed by atoms with E-state index in [1.54, 1.807) is 21.3 Å². The van der Waals surface area contributed by atoms with E-state index in [1.807, 2.05) is 87.1 Å². The molecule has 3 aromatic rings. The first kappa shape index (κ1) is 20.3. The van der Waals surface area contributed by atoms with Crippen molar-refractivity contribution in [2.24, 2.45) is 7.05 Å². The van der Waals surface area contributed by atoms with Gasteiger partial charge >= 0.3 is 0 Å². The van der Waals surface area contributed by atoms with Crippen LogP contribution in [0.25, 0.3) is 5.69 Å². The number of carbonyl (C=O) groups is 1. The lowest BCUT2D eigenvalue weighted by Crippen LogP contribution is -2.34. The molecule has 0 spiro atoms. The minimum Gasteiger partial charge on any atom is -0.494 e. The maximum absolute atomic E-state index is 13.5. The first-order valence-corrected chi connectivity index (χ1v) is 10.9. The first-order chi connectivity index (χ1) is 14.4. The molecule has 0 unspecified atom stereocenters. The van der Waals surface area contributed by atoms with Crippen LogP contribution in [0.4, 0.5) is 5.69 Å². The zero-order valence-corrected chi connectivity index (χ0v) is 18.3. The molecule has 156 valence electrons. The molecule has 0 radical (unpaired) electrons. The fourth-order valence-corrected chi connectivity index (χ4v) is 5.07. The Kier molecular flexibility index (Phi) is 5.47. The highest BCUT2D eigenvalue weighted by Gasteiger charge is 2.42. The number of nitrogens with zero attached hydrogens (tertiary/aromatic N) is 3. The summed E-state index contributed by atoms with van der Waals surface area (Å²) in [4.78, 5) is 28.3. The minimum atomic E-state index is -0.263. The van der Waals surface area contributed by atoms with Crippen molar-refractivity contribution in [3.05, 3.63) is 76.2 Å². The number of aromatic nitrogens is 2. The largest absolute Gasteiger partial charge is 0.494 e. The van der Waals surface area contributed by atoms with E-state index in [0.29, 0.717) is 12.3 Å². The molecule has 7 heteroatoms. The highest BCUT2D eigenvalue weighted by Crippen LogP contribution is 2.45. The zero-order valence-electron chi connectivity index (χ0n) is 17.5. The van der Waals surface area contributed by atoms with Crippen molar-refractivity contribution >= 4 is 23.4 Å². The van der Waals surface area contributed by atoms with E-state index in [1.165, 1.54) is 0 Å². The van der Waals surface area contributed by atoms with E-state index in [4.69, 9.17) is 4.74 Å². The Hall–Kier alpha value is -2.93. The summed E-state index contributed by atoms with van der Waals surface area (Å²) in [7, 11) is 1.84. The Morgan fingerprint density at radius 2 is 1.70 bits per heavy atom. The van der Waals surface area contributed by atoms with Gasteiger partial charge in [0.1, 0.15) is 16.8 Å². The van der Waals surface area contributed by atoms with E-state index >= 15 is 0 Å². The highest BCUT2D eigenvalue weighted by molar-refractivity contribution is 8.01. The molecule has 0 bridgehead atoms. The summed E-state index contributed by atoms with van der Waals surface area (Å²) in [6.45, 7) is 6.31. The Balaban J connectivity index is 1.81. The molecular formula is C23H25N3O3S. The predicted octanol–water partition coefficient (Wildman–Crippen LogP) is 4.05. The van der Waals surface area contributed by atoms with Gasteiger partial charge in [0, 0.05) is 7.05 Å². The maximum atomic E-state index is 13.5. The van der Waals surface area contributed by atoms with Gasteiger partial charge < -0.3 is 4.74 Å². The molecule has 1 saturated heterocycles. The van der Waals surface area contributed by atoms with Gasteiger partial charge in [-0.3, -0.25) is 19.2 Å². The summed E-state index contributed by atoms with van der Waals surface area (Å²) in [6, 6.07) is 17.2. The molecule has 0 saturated carbocycles. The van der Waals surface area contributed by atoms with E-state index in [-0.39, 0.29) is 22.1 Å². The summed E-state index contributed by atoms with van der Waals surface area (Å²) in [5, 5.41) is -0.494. The molecule has 1 aliphatic rings. The average Bonchev–Trinajstić information content (AvgIpc) is 3.16. The Bertz CT molecular complexity index is 1120. The van der Waals surface area contributed by atoms with Crippen LogP contribution in [0.2, 0.25) is 0 Å². The standard InChI is InChI=1S/C23H25N3O3S/c1-5-29-19-13-11-17(12-14-19)23-25(21(27)16(3)30-23)20-15(2)24(4)26(22(20)28)18-9-7-6-8-10-18/h6-14,16,23H,5H2,1-4H3/t16-,23+/m0/s1. The smallest absolute Gasteiger partial charge is 0.295 e. The van der Waals surface area contributed by atoms with Gasteiger partial charge in [0.15, 0.2) is 0 Å². The maximum Gasteiger partial charge on any atom is 0.295 e. The van der Waals surface area contributed by atoms with Crippen molar-refractivity contribution in [3.63, 3.8) is 0 Å². The molecule has 1 aliphatic heterocycles. The second-order valence-electron chi connectivity index (χ2n) is 7.25. The van der Waals surface area contributed by atoms with Crippen LogP contribution in [0, 0.1) is 6.92 Å². The van der Waals surface area contributed by atoms with Crippen LogP contribution < -0.4 is 15.2 Å². The van der Waals surface area contributed by atoms with Gasteiger partial charge in [-0.1, -0.05) is 30.3 Å². The predicted molar refractivity (Wildman–Crippen MR) is 121 cm³/mol. The number of amides is 1. The third kappa shape index (κ3) is 3.33. The number of hydrogen-bond donors (Lipinski definition) is 0. The van der Waals surface area contributed by atoms with Crippen LogP contribution in [0.5, 0.6) is 5.75 Å². The molecule has 2 aromatic carbocycles. The lowest BCUT2D eigenvalue weighted by molar-refractivity contribution is -0.117. The van der Waals surface area contributed by atoms with Crippen LogP contribution in [0.15, 0.2) is 59.4 Å². The number of anilines is 1. The molecule has 1 amide bonds. The van der Waals surface area contributed by atoms with Crippen LogP contribution in [0.1, 0.15) is 30.5 Å². The van der Waals surface area contributed by atoms with E-state index in [2.05, 4.69) is 0 Å². The lowest BCUT2D eigenvalue weighted by atomic mass is 10.1. The molecule has 0 N–H and O–H groups in total. The number of carbonyl (C=O) groups excluding carboxylic acids is 1. The Morgan fingerprint density at radius 3 is 2.33 bits per heavy atom. The molecule has 2 atom stereocenters. The third-order valence-electron chi connectivity index (χ3n) is 5.39. The van der Waals surface area contributed by atoms with Gasteiger partial charge in [0.2, 0.25) is 5.91 Å². The van der Waals surface area contributed by atoms with Crippen molar-refractivity contribution in [2.45, 2.75) is 31.4 Å². The van der Waals surface area contributed by atoms with Crippen LogP contribution in [-0.4, -0.2) is 27.1 Å². The van der Waals surface area contributed by atoms with Crippen LogP contribution >= 0.6 is 11.8 Å². The molecule has 1 fully saturated rings. The summed E-state index contributed by atoms with van der Waals surface area (Å²) >= 11 is 1.56. The average molecular weight is 424 g/mol. The number of benzene rings is 2. The number of ether oxygens (including phenoxy) is 1. The van der Waals surface area contributed by atoms with Gasteiger partial charge in [-0.05, 0) is 50.6 Å². The Labute approximate surface area is 180 Å². The fourth-order valence-electron chi connectivity index (χ4n) is 3.81. The van der Waals surface area contributed by atoms with Gasteiger partial charge in [0.05, 0.1) is 23.2 Å². The SMILES string of the molecule is CCOc1ccc([C@H]2S[C@@H](C)C(=O)N2c2c(C)n(C)n(-c3ccccc3)c2=O)cc1. The number of hydrogen-bond acceptors (Lipinski definition) is 4. The van der Waals surface area contributed by atoms with Crippen LogP contribution in [-0.2, 0) is 11.8 Å². The highest BCUT2D eigenvalue weighted by atomic mass is 32.2. The van der Waals surface area contributed by atoms with Gasteiger partial charge in [-0.15, -0.1) is 11.8 Å². The van der Waals surface area contributed by atoms with Gasteiger partial charge in [0.25, 0.3) is 5.56 Å². The molecule has 1 aromatic heterocycles. The van der Waals surface area contributed by atoms with E-state index in [0.717, 1.165) is 22.7 Å². The lowest BCUT2D eigenvalue weighted by Gasteiger charge is -2.23. The van der Waals surface area contributed by atoms with Crippen molar-refractivity contribution in [2.75, 3.05) is 11.5 Å². The van der Waals surface area contributed by atoms with Crippen LogP contribution in [0.3, 0.4) is 0 Å². The fraction of sp³-hybridized carbons (Fsp3) is 0.304. The number of thioether (sulfide) groups is 1. The first-order valence-electron chi connectivity index (χ1n) is 9.99. The van der Waals surface area contributed by atoms with Gasteiger partial charge in [-0.25, -0.2) is 4.68 Å². The summed E-state index contributed by atoms with van der Waals surface area (Å²) < 4.78 is 8.96. The molecule has 4 rings (SSSR count). The summed E-state index contributed by atoms with van der Waals surface area (Å²) in [5.41, 5.74) is 2.73. The molecule has 0 aliphatic carbocycles. The summed E-state index contributed by atoms with van der Waals surface area (Å²) in [6.07, 6.45) is 0.